The Hall–Kier alpha value is -1.76. The van der Waals surface area contributed by atoms with Crippen molar-refractivity contribution in [3.05, 3.63) is 24.0 Å². The van der Waals surface area contributed by atoms with Crippen LogP contribution >= 0.6 is 0 Å². The molecule has 92 valence electrons. The van der Waals surface area contributed by atoms with Gasteiger partial charge in [-0.15, -0.1) is 0 Å². The quantitative estimate of drug-likeness (QED) is 0.843. The average molecular weight is 233 g/mol. The first-order chi connectivity index (χ1) is 8.06. The van der Waals surface area contributed by atoms with Crippen molar-refractivity contribution in [3.8, 4) is 6.07 Å². The summed E-state index contributed by atoms with van der Waals surface area (Å²) in [5.74, 6) is -0.571. The molecule has 4 heteroatoms. The van der Waals surface area contributed by atoms with Crippen LogP contribution in [0.25, 0.3) is 0 Å². The molecule has 0 saturated heterocycles. The maximum atomic E-state index is 12.0. The number of carbonyl (C=O) groups excluding carboxylic acids is 1. The first-order valence-electron chi connectivity index (χ1n) is 5.83. The van der Waals surface area contributed by atoms with E-state index < -0.39 is 5.92 Å². The first kappa shape index (κ1) is 13.3. The number of H-pyrrole nitrogens is 1. The summed E-state index contributed by atoms with van der Waals surface area (Å²) in [6, 6.07) is 6.00. The minimum atomic E-state index is -0.538. The van der Waals surface area contributed by atoms with E-state index in [9.17, 15) is 4.79 Å². The molecule has 4 nitrogen and oxygen atoms in total. The summed E-state index contributed by atoms with van der Waals surface area (Å²) in [5, 5.41) is 8.96. The van der Waals surface area contributed by atoms with Crippen LogP contribution in [0.2, 0.25) is 0 Å². The smallest absolute Gasteiger partial charge is 0.239 e. The molecule has 0 saturated carbocycles. The second kappa shape index (κ2) is 6.09. The summed E-state index contributed by atoms with van der Waals surface area (Å²) >= 11 is 0. The van der Waals surface area contributed by atoms with E-state index in [0.717, 1.165) is 12.1 Å². The van der Waals surface area contributed by atoms with Crippen LogP contribution in [0.4, 0.5) is 0 Å². The highest BCUT2D eigenvalue weighted by Crippen LogP contribution is 2.12. The number of nitrogens with zero attached hydrogens (tertiary/aromatic N) is 2. The van der Waals surface area contributed by atoms with Gasteiger partial charge in [0.15, 0.2) is 0 Å². The van der Waals surface area contributed by atoms with Crippen molar-refractivity contribution < 1.29 is 4.79 Å². The van der Waals surface area contributed by atoms with E-state index >= 15 is 0 Å². The molecule has 0 bridgehead atoms. The number of rotatable bonds is 5. The van der Waals surface area contributed by atoms with Crippen LogP contribution in [0.1, 0.15) is 19.5 Å². The third kappa shape index (κ3) is 3.63. The van der Waals surface area contributed by atoms with Crippen molar-refractivity contribution in [3.63, 3.8) is 0 Å². The number of hydrogen-bond donors (Lipinski definition) is 1. The molecule has 0 aromatic carbocycles. The number of nitrogens with one attached hydrogen (secondary N) is 1. The molecule has 1 rings (SSSR count). The monoisotopic (exact) mass is 233 g/mol. The maximum Gasteiger partial charge on any atom is 0.239 e. The molecule has 0 aliphatic carbocycles. The Morgan fingerprint density at radius 3 is 2.76 bits per heavy atom. The Labute approximate surface area is 102 Å². The van der Waals surface area contributed by atoms with Crippen LogP contribution in [0, 0.1) is 23.2 Å². The van der Waals surface area contributed by atoms with Gasteiger partial charge in [0.2, 0.25) is 5.91 Å². The third-order valence-electron chi connectivity index (χ3n) is 2.83. The highest BCUT2D eigenvalue weighted by Gasteiger charge is 2.24. The van der Waals surface area contributed by atoms with Crippen molar-refractivity contribution >= 4 is 5.91 Å². The van der Waals surface area contributed by atoms with Crippen LogP contribution in [0.15, 0.2) is 18.3 Å². The highest BCUT2D eigenvalue weighted by atomic mass is 16.2. The topological polar surface area (TPSA) is 59.9 Å². The van der Waals surface area contributed by atoms with E-state index in [0.29, 0.717) is 6.54 Å². The summed E-state index contributed by atoms with van der Waals surface area (Å²) in [4.78, 5) is 16.7. The SMILES string of the molecule is CC(C)C(C#N)C(=O)N(C)CCc1ccc[nH]1. The van der Waals surface area contributed by atoms with Crippen LogP contribution < -0.4 is 0 Å². The van der Waals surface area contributed by atoms with Crippen molar-refractivity contribution in [2.24, 2.45) is 11.8 Å². The molecule has 17 heavy (non-hydrogen) atoms. The lowest BCUT2D eigenvalue weighted by Crippen LogP contribution is -2.36. The molecule has 0 fully saturated rings. The fourth-order valence-electron chi connectivity index (χ4n) is 1.65. The molecule has 0 spiro atoms. The number of carbonyl (C=O) groups is 1. The minimum absolute atomic E-state index is 0.0560. The van der Waals surface area contributed by atoms with E-state index in [2.05, 4.69) is 11.1 Å². The zero-order chi connectivity index (χ0) is 12.8. The zero-order valence-electron chi connectivity index (χ0n) is 10.6. The van der Waals surface area contributed by atoms with Crippen LogP contribution in [0.3, 0.4) is 0 Å². The van der Waals surface area contributed by atoms with Crippen molar-refractivity contribution in [2.75, 3.05) is 13.6 Å². The molecular formula is C13H19N3O. The van der Waals surface area contributed by atoms with E-state index in [4.69, 9.17) is 5.26 Å². The summed E-state index contributed by atoms with van der Waals surface area (Å²) in [6.45, 7) is 4.42. The normalized spacial score (nSPS) is 12.2. The van der Waals surface area contributed by atoms with Crippen LogP contribution in [-0.4, -0.2) is 29.4 Å². The molecular weight excluding hydrogens is 214 g/mol. The Morgan fingerprint density at radius 2 is 2.29 bits per heavy atom. The molecule has 1 aromatic rings. The van der Waals surface area contributed by atoms with Crippen LogP contribution in [-0.2, 0) is 11.2 Å². The number of aromatic nitrogens is 1. The predicted octanol–water partition coefficient (Wildman–Crippen LogP) is 1.81. The van der Waals surface area contributed by atoms with E-state index in [1.54, 1.807) is 11.9 Å². The van der Waals surface area contributed by atoms with Gasteiger partial charge in [-0.2, -0.15) is 5.26 Å². The van der Waals surface area contributed by atoms with Gasteiger partial charge < -0.3 is 9.88 Å². The number of hydrogen-bond acceptors (Lipinski definition) is 2. The number of amides is 1. The van der Waals surface area contributed by atoms with Gasteiger partial charge in [0, 0.05) is 31.9 Å². The molecule has 1 unspecified atom stereocenters. The Balaban J connectivity index is 2.50. The standard InChI is InChI=1S/C13H19N3O/c1-10(2)12(9-14)13(17)16(3)8-6-11-5-4-7-15-11/h4-5,7,10,12,15H,6,8H2,1-3H3. The zero-order valence-corrected chi connectivity index (χ0v) is 10.6. The second-order valence-electron chi connectivity index (χ2n) is 4.56. The second-order valence-corrected chi connectivity index (χ2v) is 4.56. The lowest BCUT2D eigenvalue weighted by Gasteiger charge is -2.21. The molecule has 1 heterocycles. The van der Waals surface area contributed by atoms with Gasteiger partial charge in [0.25, 0.3) is 0 Å². The average Bonchev–Trinajstić information content (AvgIpc) is 2.78. The highest BCUT2D eigenvalue weighted by molar-refractivity contribution is 5.81. The number of nitriles is 1. The number of aromatic amines is 1. The lowest BCUT2D eigenvalue weighted by atomic mass is 9.96. The van der Waals surface area contributed by atoms with E-state index in [1.165, 1.54) is 0 Å². The van der Waals surface area contributed by atoms with Crippen molar-refractivity contribution in [2.45, 2.75) is 20.3 Å². The molecule has 0 radical (unpaired) electrons. The van der Waals surface area contributed by atoms with E-state index in [1.807, 2.05) is 32.2 Å². The van der Waals surface area contributed by atoms with Gasteiger partial charge in [-0.3, -0.25) is 4.79 Å². The Kier molecular flexibility index (Phi) is 4.77. The fourth-order valence-corrected chi connectivity index (χ4v) is 1.65. The van der Waals surface area contributed by atoms with Crippen molar-refractivity contribution in [1.29, 1.82) is 5.26 Å². The maximum absolute atomic E-state index is 12.0. The predicted molar refractivity (Wildman–Crippen MR) is 66.1 cm³/mol. The van der Waals surface area contributed by atoms with Crippen molar-refractivity contribution in [1.82, 2.24) is 9.88 Å². The third-order valence-corrected chi connectivity index (χ3v) is 2.83. The summed E-state index contributed by atoms with van der Waals surface area (Å²) in [6.07, 6.45) is 2.65. The van der Waals surface area contributed by atoms with Gasteiger partial charge in [-0.05, 0) is 18.1 Å². The molecule has 1 N–H and O–H groups in total. The Morgan fingerprint density at radius 1 is 1.59 bits per heavy atom. The van der Waals surface area contributed by atoms with Gasteiger partial charge in [0.1, 0.15) is 5.92 Å². The van der Waals surface area contributed by atoms with Gasteiger partial charge in [-0.1, -0.05) is 13.8 Å². The van der Waals surface area contributed by atoms with Crippen LogP contribution in [0.5, 0.6) is 0 Å². The first-order valence-corrected chi connectivity index (χ1v) is 5.83. The lowest BCUT2D eigenvalue weighted by molar-refractivity contribution is -0.133. The van der Waals surface area contributed by atoms with Gasteiger partial charge in [-0.25, -0.2) is 0 Å². The Bertz CT molecular complexity index is 389. The molecule has 1 amide bonds. The largest absolute Gasteiger partial charge is 0.365 e. The minimum Gasteiger partial charge on any atom is -0.365 e. The summed E-state index contributed by atoms with van der Waals surface area (Å²) in [5.41, 5.74) is 1.10. The van der Waals surface area contributed by atoms with Gasteiger partial charge in [0.05, 0.1) is 6.07 Å². The molecule has 1 aromatic heterocycles. The summed E-state index contributed by atoms with van der Waals surface area (Å²) in [7, 11) is 1.75. The summed E-state index contributed by atoms with van der Waals surface area (Å²) < 4.78 is 0. The van der Waals surface area contributed by atoms with E-state index in [-0.39, 0.29) is 11.8 Å². The molecule has 0 aliphatic rings. The number of likely N-dealkylation sites (N-methyl/N-ethyl adjacent to an activating group) is 1. The molecule has 1 atom stereocenters. The van der Waals surface area contributed by atoms with Gasteiger partial charge >= 0.3 is 0 Å². The fraction of sp³-hybridized carbons (Fsp3) is 0.538. The molecule has 0 aliphatic heterocycles.